The van der Waals surface area contributed by atoms with Crippen LogP contribution in [-0.4, -0.2) is 17.7 Å². The van der Waals surface area contributed by atoms with Crippen LogP contribution in [0.25, 0.3) is 0 Å². The lowest BCUT2D eigenvalue weighted by Crippen LogP contribution is -2.38. The Morgan fingerprint density at radius 3 is 3.40 bits per heavy atom. The van der Waals surface area contributed by atoms with Crippen LogP contribution in [0.15, 0.2) is 24.6 Å². The molecule has 0 radical (unpaired) electrons. The van der Waals surface area contributed by atoms with Gasteiger partial charge in [-0.05, 0) is 18.4 Å². The molecule has 0 aromatic heterocycles. The molecule has 3 nitrogen and oxygen atoms in total. The first kappa shape index (κ1) is 5.80. The Kier molecular flexibility index (Phi) is 1.36. The molecular weight excluding hydrogens is 126 g/mol. The molecular formula is C7H11N3. The second-order valence-electron chi connectivity index (χ2n) is 2.49. The van der Waals surface area contributed by atoms with Gasteiger partial charge in [0.15, 0.2) is 0 Å². The third kappa shape index (κ3) is 0.885. The van der Waals surface area contributed by atoms with Crippen LogP contribution in [0.4, 0.5) is 0 Å². The molecule has 0 aliphatic carbocycles. The van der Waals surface area contributed by atoms with Crippen LogP contribution in [0.2, 0.25) is 0 Å². The second kappa shape index (κ2) is 2.34. The summed E-state index contributed by atoms with van der Waals surface area (Å²) in [6.45, 7) is 1.07. The largest absolute Gasteiger partial charge is 0.370 e. The van der Waals surface area contributed by atoms with Gasteiger partial charge in [-0.3, -0.25) is 5.01 Å². The Labute approximate surface area is 60.4 Å². The Morgan fingerprint density at radius 2 is 2.40 bits per heavy atom. The molecule has 3 heteroatoms. The zero-order chi connectivity index (χ0) is 6.81. The summed E-state index contributed by atoms with van der Waals surface area (Å²) < 4.78 is 0. The molecule has 0 spiro atoms. The van der Waals surface area contributed by atoms with Gasteiger partial charge < -0.3 is 5.32 Å². The van der Waals surface area contributed by atoms with Crippen LogP contribution >= 0.6 is 0 Å². The normalized spacial score (nSPS) is 29.6. The van der Waals surface area contributed by atoms with Crippen molar-refractivity contribution >= 4 is 0 Å². The first-order valence-corrected chi connectivity index (χ1v) is 3.58. The zero-order valence-electron chi connectivity index (χ0n) is 5.75. The molecule has 2 aliphatic heterocycles. The Balaban J connectivity index is 2.12. The molecule has 0 saturated carbocycles. The highest BCUT2D eigenvalue weighted by Crippen LogP contribution is 2.07. The van der Waals surface area contributed by atoms with Crippen molar-refractivity contribution in [3.63, 3.8) is 0 Å². The Bertz CT molecular complexity index is 174. The summed E-state index contributed by atoms with van der Waals surface area (Å²) in [5, 5.41) is 5.36. The van der Waals surface area contributed by atoms with Crippen LogP contribution < -0.4 is 10.7 Å². The second-order valence-corrected chi connectivity index (χ2v) is 2.49. The van der Waals surface area contributed by atoms with E-state index in [1.165, 1.54) is 0 Å². The first-order valence-electron chi connectivity index (χ1n) is 3.58. The molecule has 2 aliphatic rings. The average Bonchev–Trinajstić information content (AvgIpc) is 2.28. The third-order valence-corrected chi connectivity index (χ3v) is 1.79. The summed E-state index contributed by atoms with van der Waals surface area (Å²) in [4.78, 5) is 0. The van der Waals surface area contributed by atoms with Crippen molar-refractivity contribution < 1.29 is 0 Å². The van der Waals surface area contributed by atoms with Crippen LogP contribution in [0.5, 0.6) is 0 Å². The average molecular weight is 137 g/mol. The molecule has 2 rings (SSSR count). The molecule has 0 aromatic carbocycles. The van der Waals surface area contributed by atoms with Gasteiger partial charge in [0.25, 0.3) is 0 Å². The van der Waals surface area contributed by atoms with Gasteiger partial charge in [-0.1, -0.05) is 0 Å². The first-order chi connectivity index (χ1) is 4.97. The van der Waals surface area contributed by atoms with Crippen molar-refractivity contribution in [2.24, 2.45) is 0 Å². The molecule has 1 atom stereocenters. The third-order valence-electron chi connectivity index (χ3n) is 1.79. The van der Waals surface area contributed by atoms with Crippen molar-refractivity contribution in [3.05, 3.63) is 24.6 Å². The van der Waals surface area contributed by atoms with Crippen molar-refractivity contribution in [3.8, 4) is 0 Å². The van der Waals surface area contributed by atoms with E-state index in [-0.39, 0.29) is 0 Å². The Hall–Kier alpha value is -0.960. The van der Waals surface area contributed by atoms with Crippen LogP contribution in [0.1, 0.15) is 6.42 Å². The topological polar surface area (TPSA) is 27.3 Å². The van der Waals surface area contributed by atoms with E-state index in [0.717, 1.165) is 13.0 Å². The smallest absolute Gasteiger partial charge is 0.114 e. The maximum absolute atomic E-state index is 3.26. The molecule has 0 bridgehead atoms. The van der Waals surface area contributed by atoms with Crippen molar-refractivity contribution in [2.75, 3.05) is 6.54 Å². The summed E-state index contributed by atoms with van der Waals surface area (Å²) in [5.74, 6) is 0. The van der Waals surface area contributed by atoms with Gasteiger partial charge in [0.05, 0.1) is 0 Å². The number of hydrogen-bond donors (Lipinski definition) is 2. The van der Waals surface area contributed by atoms with E-state index in [4.69, 9.17) is 0 Å². The highest BCUT2D eigenvalue weighted by molar-refractivity contribution is 5.06. The van der Waals surface area contributed by atoms with Crippen LogP contribution in [0, 0.1) is 0 Å². The van der Waals surface area contributed by atoms with E-state index < -0.39 is 0 Å². The predicted octanol–water partition coefficient (Wildman–Crippen LogP) is 0.153. The van der Waals surface area contributed by atoms with E-state index in [1.54, 1.807) is 0 Å². The highest BCUT2D eigenvalue weighted by atomic mass is 15.6. The summed E-state index contributed by atoms with van der Waals surface area (Å²) in [6, 6.07) is 0. The highest BCUT2D eigenvalue weighted by Gasteiger charge is 2.19. The molecule has 1 fully saturated rings. The number of rotatable bonds is 0. The van der Waals surface area contributed by atoms with Gasteiger partial charge in [0.1, 0.15) is 6.17 Å². The number of hydrazine groups is 1. The minimum Gasteiger partial charge on any atom is -0.370 e. The van der Waals surface area contributed by atoms with E-state index in [0.29, 0.717) is 6.17 Å². The fourth-order valence-electron chi connectivity index (χ4n) is 1.26. The van der Waals surface area contributed by atoms with Gasteiger partial charge >= 0.3 is 0 Å². The van der Waals surface area contributed by atoms with Crippen molar-refractivity contribution in [2.45, 2.75) is 12.6 Å². The van der Waals surface area contributed by atoms with Gasteiger partial charge in [0.2, 0.25) is 0 Å². The fraction of sp³-hybridized carbons (Fsp3) is 0.429. The van der Waals surface area contributed by atoms with E-state index in [9.17, 15) is 0 Å². The summed E-state index contributed by atoms with van der Waals surface area (Å²) in [7, 11) is 0. The number of fused-ring (bicyclic) bond motifs is 1. The molecule has 2 N–H and O–H groups in total. The maximum Gasteiger partial charge on any atom is 0.114 e. The van der Waals surface area contributed by atoms with Gasteiger partial charge in [-0.25, -0.2) is 5.43 Å². The number of nitrogens with one attached hydrogen (secondary N) is 2. The number of nitrogens with zero attached hydrogens (tertiary/aromatic N) is 1. The van der Waals surface area contributed by atoms with E-state index >= 15 is 0 Å². The molecule has 0 aromatic rings. The summed E-state index contributed by atoms with van der Waals surface area (Å²) in [6.07, 6.45) is 9.66. The summed E-state index contributed by atoms with van der Waals surface area (Å²) >= 11 is 0. The molecule has 1 saturated heterocycles. The van der Waals surface area contributed by atoms with Crippen molar-refractivity contribution in [1.29, 1.82) is 0 Å². The number of hydrogen-bond acceptors (Lipinski definition) is 3. The maximum atomic E-state index is 3.26. The van der Waals surface area contributed by atoms with E-state index in [1.807, 2.05) is 24.6 Å². The standard InChI is InChI=1S/C7H11N3/c1-2-6-10-7(8-4-1)3-5-9-10/h1-2,4,6-9H,3,5H2. The molecule has 0 amide bonds. The Morgan fingerprint density at radius 1 is 1.40 bits per heavy atom. The van der Waals surface area contributed by atoms with Crippen LogP contribution in [-0.2, 0) is 0 Å². The molecule has 10 heavy (non-hydrogen) atoms. The molecule has 1 unspecified atom stereocenters. The minimum atomic E-state index is 0.454. The van der Waals surface area contributed by atoms with Crippen molar-refractivity contribution in [1.82, 2.24) is 15.8 Å². The predicted molar refractivity (Wildman–Crippen MR) is 39.7 cm³/mol. The number of allylic oxidation sites excluding steroid dienone is 2. The van der Waals surface area contributed by atoms with Gasteiger partial charge in [-0.15, -0.1) is 0 Å². The quantitative estimate of drug-likeness (QED) is 0.498. The fourth-order valence-corrected chi connectivity index (χ4v) is 1.26. The van der Waals surface area contributed by atoms with Gasteiger partial charge in [-0.2, -0.15) is 0 Å². The van der Waals surface area contributed by atoms with Gasteiger partial charge in [0, 0.05) is 19.2 Å². The minimum absolute atomic E-state index is 0.454. The zero-order valence-corrected chi connectivity index (χ0v) is 5.75. The SMILES string of the molecule is C1=CNC2CCNN2C=C1. The summed E-state index contributed by atoms with van der Waals surface area (Å²) in [5.41, 5.74) is 3.24. The van der Waals surface area contributed by atoms with E-state index in [2.05, 4.69) is 15.8 Å². The lowest BCUT2D eigenvalue weighted by molar-refractivity contribution is 0.256. The lowest BCUT2D eigenvalue weighted by Gasteiger charge is -2.20. The monoisotopic (exact) mass is 137 g/mol. The van der Waals surface area contributed by atoms with Crippen LogP contribution in [0.3, 0.4) is 0 Å². The molecule has 54 valence electrons. The molecule has 2 heterocycles. The lowest BCUT2D eigenvalue weighted by atomic mass is 10.4.